The van der Waals surface area contributed by atoms with E-state index >= 15 is 0 Å². The van der Waals surface area contributed by atoms with Gasteiger partial charge in [-0.2, -0.15) is 0 Å². The quantitative estimate of drug-likeness (QED) is 0.195. The molecule has 0 N–H and O–H groups in total. The van der Waals surface area contributed by atoms with Crippen molar-refractivity contribution in [1.82, 2.24) is 0 Å². The molecule has 0 atom stereocenters. The van der Waals surface area contributed by atoms with Gasteiger partial charge in [-0.15, -0.1) is 0 Å². The Balaban J connectivity index is -0.0000000200. The van der Waals surface area contributed by atoms with Crippen molar-refractivity contribution in [1.29, 1.82) is 0 Å². The van der Waals surface area contributed by atoms with E-state index in [1.165, 1.54) is 0 Å². The largest absolute Gasteiger partial charge is 3.00 e. The van der Waals surface area contributed by atoms with E-state index in [4.69, 9.17) is 10.2 Å². The molecule has 0 heterocycles. The van der Waals surface area contributed by atoms with E-state index < -0.39 is 0 Å². The third-order valence-electron chi connectivity index (χ3n) is 0. The minimum absolute atomic E-state index is 0. The Morgan fingerprint density at radius 3 is 1.60 bits per heavy atom. The van der Waals surface area contributed by atoms with Gasteiger partial charge in [0.15, 0.2) is 4.75 Å². The molecule has 0 aliphatic heterocycles. The Bertz CT molecular complexity index is 12.4. The van der Waals surface area contributed by atoms with Crippen LogP contribution in [-0.4, -0.2) is 0 Å². The zero-order valence-electron chi connectivity index (χ0n) is 1.93. The second-order valence-electron chi connectivity index (χ2n) is 0.0680. The van der Waals surface area contributed by atoms with E-state index in [0.29, 0.717) is 0 Å². The molecule has 1 radical (unpaired) electrons. The van der Waals surface area contributed by atoms with E-state index in [1.54, 1.807) is 4.75 Å². The van der Waals surface area contributed by atoms with Gasteiger partial charge < -0.3 is 0 Å². The van der Waals surface area contributed by atoms with Crippen molar-refractivity contribution < 1.29 is 39.4 Å². The predicted octanol–water partition coefficient (Wildman–Crippen LogP) is -1.13. The fraction of sp³-hybridized carbons (Fsp3) is 0. The Labute approximate surface area is 49.5 Å². The molecular formula is Fe2O3+3. The molecule has 0 aliphatic rings. The molecule has 0 saturated carbocycles. The van der Waals surface area contributed by atoms with Crippen LogP contribution < -0.4 is 5.26 Å². The Morgan fingerprint density at radius 1 is 1.60 bits per heavy atom. The van der Waals surface area contributed by atoms with Crippen molar-refractivity contribution in [2.24, 2.45) is 0 Å². The fourth-order valence-electron chi connectivity index (χ4n) is 0. The SMILES string of the molecule is O=[O+][O-].[Fe+3].[Fe]. The van der Waals surface area contributed by atoms with Crippen molar-refractivity contribution in [3.63, 3.8) is 0 Å². The van der Waals surface area contributed by atoms with Gasteiger partial charge >= 0.3 is 17.1 Å². The molecule has 3 nitrogen and oxygen atoms in total. The van der Waals surface area contributed by atoms with Crippen LogP contribution in [0.25, 0.3) is 0 Å². The van der Waals surface area contributed by atoms with Crippen molar-refractivity contribution >= 4 is 0 Å². The molecule has 5 heteroatoms. The molecule has 5 heavy (non-hydrogen) atoms. The summed E-state index contributed by atoms with van der Waals surface area (Å²) in [5.74, 6) is 0. The maximum absolute atomic E-state index is 7.88. The van der Waals surface area contributed by atoms with E-state index in [9.17, 15) is 0 Å². The van der Waals surface area contributed by atoms with Crippen LogP contribution in [0.15, 0.2) is 0 Å². The van der Waals surface area contributed by atoms with E-state index in [1.807, 2.05) is 0 Å². The molecule has 0 rings (SSSR count). The van der Waals surface area contributed by atoms with Gasteiger partial charge in [-0.05, 0) is 0 Å². The normalized spacial score (nSPS) is 2.40. The van der Waals surface area contributed by atoms with E-state index in [0.717, 1.165) is 0 Å². The third kappa shape index (κ3) is 137. The maximum Gasteiger partial charge on any atom is 3.00 e. The molecule has 0 saturated heterocycles. The first-order chi connectivity index (χ1) is 1.41. The summed E-state index contributed by atoms with van der Waals surface area (Å²) in [6, 6.07) is 0. The number of hydrogen-bond acceptors (Lipinski definition) is 2. The summed E-state index contributed by atoms with van der Waals surface area (Å²) in [7, 11) is 0. The average molecular weight is 160 g/mol. The first kappa shape index (κ1) is 18.0. The van der Waals surface area contributed by atoms with E-state index in [2.05, 4.69) is 0 Å². The fourth-order valence-corrected chi connectivity index (χ4v) is 0. The summed E-state index contributed by atoms with van der Waals surface area (Å²) in [6.45, 7) is 0. The van der Waals surface area contributed by atoms with Crippen LogP contribution in [0.3, 0.4) is 0 Å². The van der Waals surface area contributed by atoms with Crippen molar-refractivity contribution in [2.45, 2.75) is 0 Å². The predicted molar refractivity (Wildman–Crippen MR) is 6.73 cm³/mol. The molecule has 0 amide bonds. The van der Waals surface area contributed by atoms with Gasteiger partial charge in [0.1, 0.15) is 0 Å². The molecule has 0 fully saturated rings. The zero-order valence-corrected chi connectivity index (χ0v) is 4.14. The van der Waals surface area contributed by atoms with Crippen molar-refractivity contribution in [2.75, 3.05) is 0 Å². The summed E-state index contributed by atoms with van der Waals surface area (Å²) >= 11 is 0. The first-order valence-electron chi connectivity index (χ1n) is 0.333. The molecule has 0 bridgehead atoms. The van der Waals surface area contributed by atoms with Gasteiger partial charge in [-0.1, -0.05) is 10.2 Å². The summed E-state index contributed by atoms with van der Waals surface area (Å²) < 4.78 is 1.75. The molecule has 0 aliphatic carbocycles. The van der Waals surface area contributed by atoms with Crippen LogP contribution in [0.1, 0.15) is 0 Å². The van der Waals surface area contributed by atoms with Crippen molar-refractivity contribution in [3.8, 4) is 0 Å². The second kappa shape index (κ2) is 25.4. The smallest absolute Gasteiger partial charge is 0.0772 e. The molecular weight excluding hydrogens is 160 g/mol. The molecule has 0 unspecified atom stereocenters. The minimum atomic E-state index is 0. The topological polar surface area (TPSA) is 51.4 Å². The summed E-state index contributed by atoms with van der Waals surface area (Å²) in [4.78, 5) is 7.88. The summed E-state index contributed by atoms with van der Waals surface area (Å²) in [5.41, 5.74) is 0. The molecule has 0 aromatic carbocycles. The van der Waals surface area contributed by atoms with Crippen LogP contribution in [-0.2, 0) is 34.1 Å². The average Bonchev–Trinajstić information content (AvgIpc) is 0.918. The number of hydrogen-bond donors (Lipinski definition) is 0. The van der Waals surface area contributed by atoms with Gasteiger partial charge in [0, 0.05) is 17.1 Å². The van der Waals surface area contributed by atoms with Crippen LogP contribution in [0, 0.1) is 9.71 Å². The van der Waals surface area contributed by atoms with E-state index in [-0.39, 0.29) is 34.1 Å². The number of rotatable bonds is 0. The van der Waals surface area contributed by atoms with Gasteiger partial charge in [-0.3, -0.25) is 0 Å². The Hall–Kier alpha value is 0.439. The van der Waals surface area contributed by atoms with Gasteiger partial charge in [0.2, 0.25) is 0 Å². The molecule has 0 aromatic rings. The van der Waals surface area contributed by atoms with Gasteiger partial charge in [-0.25, -0.2) is 0 Å². The Kier molecular flexibility index (Phi) is 91.4. The van der Waals surface area contributed by atoms with Crippen LogP contribution in [0.2, 0.25) is 0 Å². The van der Waals surface area contributed by atoms with Crippen LogP contribution in [0.5, 0.6) is 0 Å². The van der Waals surface area contributed by atoms with Gasteiger partial charge in [0.05, 0.1) is 0 Å². The monoisotopic (exact) mass is 160 g/mol. The summed E-state index contributed by atoms with van der Waals surface area (Å²) in [6.07, 6.45) is 0. The zero-order chi connectivity index (χ0) is 2.71. The molecule has 0 spiro atoms. The maximum atomic E-state index is 7.88. The minimum Gasteiger partial charge on any atom is -0.0772 e. The summed E-state index contributed by atoms with van der Waals surface area (Å²) in [5, 5.41) is 7.88. The third-order valence-corrected chi connectivity index (χ3v) is 0. The Morgan fingerprint density at radius 2 is 1.60 bits per heavy atom. The van der Waals surface area contributed by atoms with Gasteiger partial charge in [0.25, 0.3) is 0 Å². The van der Waals surface area contributed by atoms with Crippen LogP contribution in [0.4, 0.5) is 0 Å². The molecule has 31 valence electrons. The van der Waals surface area contributed by atoms with Crippen molar-refractivity contribution in [3.05, 3.63) is 9.71 Å². The first-order valence-corrected chi connectivity index (χ1v) is 0.333. The van der Waals surface area contributed by atoms with Crippen LogP contribution >= 0.6 is 0 Å². The molecule has 0 aromatic heterocycles. The second-order valence-corrected chi connectivity index (χ2v) is 0.0680. The standard InChI is InChI=1S/2Fe.O3/c;;1-3-2/q;+3;.